The predicted molar refractivity (Wildman–Crippen MR) is 67.6 cm³/mol. The van der Waals surface area contributed by atoms with Crippen molar-refractivity contribution in [1.82, 2.24) is 15.1 Å². The van der Waals surface area contributed by atoms with Gasteiger partial charge in [0, 0.05) is 18.5 Å². The van der Waals surface area contributed by atoms with Crippen LogP contribution in [-0.2, 0) is 4.74 Å². The summed E-state index contributed by atoms with van der Waals surface area (Å²) in [6.45, 7) is 4.49. The number of aryl methyl sites for hydroxylation is 1. The molecule has 1 aliphatic rings. The van der Waals surface area contributed by atoms with Gasteiger partial charge in [-0.3, -0.25) is 9.89 Å². The molecule has 2 heterocycles. The highest BCUT2D eigenvalue weighted by molar-refractivity contribution is 6.04. The van der Waals surface area contributed by atoms with Gasteiger partial charge in [0.15, 0.2) is 5.69 Å². The number of amides is 1. The number of aromatic nitrogens is 2. The normalized spacial score (nSPS) is 16.2. The molecule has 1 N–H and O–H groups in total. The first kappa shape index (κ1) is 11.2. The van der Waals surface area contributed by atoms with E-state index in [9.17, 15) is 4.79 Å². The van der Waals surface area contributed by atoms with Gasteiger partial charge < -0.3 is 9.64 Å². The summed E-state index contributed by atoms with van der Waals surface area (Å²) in [4.78, 5) is 14.2. The Kier molecular flexibility index (Phi) is 2.76. The molecule has 94 valence electrons. The van der Waals surface area contributed by atoms with Gasteiger partial charge in [-0.05, 0) is 19.1 Å². The average molecular weight is 245 g/mol. The Morgan fingerprint density at radius 2 is 2.17 bits per heavy atom. The zero-order chi connectivity index (χ0) is 12.5. The lowest BCUT2D eigenvalue weighted by Gasteiger charge is -2.26. The standard InChI is InChI=1S/C13H15N3O2/c1-9-2-3-11-10(8-9)12(15-14-11)13(17)16-4-6-18-7-5-16/h2-3,8H,4-7H2,1H3,(H,14,15). The number of nitrogens with one attached hydrogen (secondary N) is 1. The maximum atomic E-state index is 12.4. The molecule has 0 bridgehead atoms. The van der Waals surface area contributed by atoms with E-state index in [0.717, 1.165) is 16.5 Å². The lowest BCUT2D eigenvalue weighted by Crippen LogP contribution is -2.40. The Morgan fingerprint density at radius 3 is 2.94 bits per heavy atom. The Morgan fingerprint density at radius 1 is 1.39 bits per heavy atom. The Hall–Kier alpha value is -1.88. The van der Waals surface area contributed by atoms with Crippen molar-refractivity contribution in [2.75, 3.05) is 26.3 Å². The minimum Gasteiger partial charge on any atom is -0.378 e. The van der Waals surface area contributed by atoms with E-state index < -0.39 is 0 Å². The highest BCUT2D eigenvalue weighted by Crippen LogP contribution is 2.19. The lowest BCUT2D eigenvalue weighted by atomic mass is 10.1. The van der Waals surface area contributed by atoms with Crippen LogP contribution in [0.15, 0.2) is 18.2 Å². The first-order valence-electron chi connectivity index (χ1n) is 6.07. The van der Waals surface area contributed by atoms with Crippen LogP contribution in [0, 0.1) is 6.92 Å². The third kappa shape index (κ3) is 1.86. The monoisotopic (exact) mass is 245 g/mol. The van der Waals surface area contributed by atoms with Crippen LogP contribution in [0.4, 0.5) is 0 Å². The van der Waals surface area contributed by atoms with Crippen LogP contribution in [-0.4, -0.2) is 47.3 Å². The minimum atomic E-state index is -0.0184. The molecule has 0 radical (unpaired) electrons. The molecule has 1 amide bonds. The molecule has 1 saturated heterocycles. The number of benzene rings is 1. The SMILES string of the molecule is Cc1ccc2[nH]nc(C(=O)N3CCOCC3)c2c1. The van der Waals surface area contributed by atoms with E-state index in [1.54, 1.807) is 4.90 Å². The molecule has 0 spiro atoms. The van der Waals surface area contributed by atoms with Gasteiger partial charge in [-0.15, -0.1) is 0 Å². The van der Waals surface area contributed by atoms with Crippen molar-refractivity contribution in [3.05, 3.63) is 29.5 Å². The van der Waals surface area contributed by atoms with Crippen molar-refractivity contribution in [3.63, 3.8) is 0 Å². The van der Waals surface area contributed by atoms with E-state index in [0.29, 0.717) is 32.0 Å². The molecule has 2 aromatic rings. The van der Waals surface area contributed by atoms with E-state index in [1.807, 2.05) is 25.1 Å². The minimum absolute atomic E-state index is 0.0184. The molecule has 3 rings (SSSR count). The summed E-state index contributed by atoms with van der Waals surface area (Å²) in [5.41, 5.74) is 2.53. The van der Waals surface area contributed by atoms with Gasteiger partial charge in [-0.25, -0.2) is 0 Å². The van der Waals surface area contributed by atoms with Crippen molar-refractivity contribution >= 4 is 16.8 Å². The van der Waals surface area contributed by atoms with Crippen LogP contribution in [0.1, 0.15) is 16.1 Å². The summed E-state index contributed by atoms with van der Waals surface area (Å²) < 4.78 is 5.25. The molecule has 0 saturated carbocycles. The fourth-order valence-corrected chi connectivity index (χ4v) is 2.21. The number of rotatable bonds is 1. The number of aromatic amines is 1. The molecule has 5 heteroatoms. The number of hydrogen-bond donors (Lipinski definition) is 1. The van der Waals surface area contributed by atoms with Gasteiger partial charge >= 0.3 is 0 Å². The Labute approximate surface area is 105 Å². The number of ether oxygens (including phenoxy) is 1. The highest BCUT2D eigenvalue weighted by Gasteiger charge is 2.22. The summed E-state index contributed by atoms with van der Waals surface area (Å²) >= 11 is 0. The van der Waals surface area contributed by atoms with Gasteiger partial charge in [0.25, 0.3) is 5.91 Å². The third-order valence-corrected chi connectivity index (χ3v) is 3.22. The number of nitrogens with zero attached hydrogens (tertiary/aromatic N) is 2. The summed E-state index contributed by atoms with van der Waals surface area (Å²) in [6, 6.07) is 5.95. The third-order valence-electron chi connectivity index (χ3n) is 3.22. The summed E-state index contributed by atoms with van der Waals surface area (Å²) in [5.74, 6) is -0.0184. The van der Waals surface area contributed by atoms with Crippen LogP contribution < -0.4 is 0 Å². The Balaban J connectivity index is 1.98. The molecule has 1 aromatic heterocycles. The number of hydrogen-bond acceptors (Lipinski definition) is 3. The second-order valence-corrected chi connectivity index (χ2v) is 4.53. The fraction of sp³-hybridized carbons (Fsp3) is 0.385. The van der Waals surface area contributed by atoms with Gasteiger partial charge in [0.05, 0.1) is 18.7 Å². The number of H-pyrrole nitrogens is 1. The fourth-order valence-electron chi connectivity index (χ4n) is 2.21. The number of fused-ring (bicyclic) bond motifs is 1. The van der Waals surface area contributed by atoms with E-state index in [-0.39, 0.29) is 5.91 Å². The van der Waals surface area contributed by atoms with Crippen LogP contribution >= 0.6 is 0 Å². The molecule has 1 aromatic carbocycles. The molecule has 0 atom stereocenters. The first-order chi connectivity index (χ1) is 8.75. The topological polar surface area (TPSA) is 58.2 Å². The van der Waals surface area contributed by atoms with Crippen LogP contribution in [0.3, 0.4) is 0 Å². The quantitative estimate of drug-likeness (QED) is 0.825. The van der Waals surface area contributed by atoms with Crippen molar-refractivity contribution < 1.29 is 9.53 Å². The zero-order valence-electron chi connectivity index (χ0n) is 10.3. The molecule has 0 unspecified atom stereocenters. The number of morpholine rings is 1. The van der Waals surface area contributed by atoms with E-state index in [2.05, 4.69) is 10.2 Å². The maximum absolute atomic E-state index is 12.4. The lowest BCUT2D eigenvalue weighted by molar-refractivity contribution is 0.0300. The average Bonchev–Trinajstić information content (AvgIpc) is 2.82. The molecule has 18 heavy (non-hydrogen) atoms. The second kappa shape index (κ2) is 4.42. The van der Waals surface area contributed by atoms with Crippen molar-refractivity contribution in [3.8, 4) is 0 Å². The van der Waals surface area contributed by atoms with Crippen LogP contribution in [0.5, 0.6) is 0 Å². The number of carbonyl (C=O) groups excluding carboxylic acids is 1. The largest absolute Gasteiger partial charge is 0.378 e. The van der Waals surface area contributed by atoms with E-state index >= 15 is 0 Å². The molecule has 1 aliphatic heterocycles. The van der Waals surface area contributed by atoms with Crippen LogP contribution in [0.2, 0.25) is 0 Å². The van der Waals surface area contributed by atoms with E-state index in [4.69, 9.17) is 4.74 Å². The van der Waals surface area contributed by atoms with Crippen molar-refractivity contribution in [1.29, 1.82) is 0 Å². The van der Waals surface area contributed by atoms with Crippen molar-refractivity contribution in [2.45, 2.75) is 6.92 Å². The summed E-state index contributed by atoms with van der Waals surface area (Å²) in [6.07, 6.45) is 0. The second-order valence-electron chi connectivity index (χ2n) is 4.53. The Bertz CT molecular complexity index is 585. The van der Waals surface area contributed by atoms with Gasteiger partial charge in [0.2, 0.25) is 0 Å². The van der Waals surface area contributed by atoms with Crippen molar-refractivity contribution in [2.24, 2.45) is 0 Å². The highest BCUT2D eigenvalue weighted by atomic mass is 16.5. The summed E-state index contributed by atoms with van der Waals surface area (Å²) in [7, 11) is 0. The number of carbonyl (C=O) groups is 1. The zero-order valence-corrected chi connectivity index (χ0v) is 10.3. The van der Waals surface area contributed by atoms with Crippen LogP contribution in [0.25, 0.3) is 10.9 Å². The van der Waals surface area contributed by atoms with Gasteiger partial charge in [-0.1, -0.05) is 11.6 Å². The smallest absolute Gasteiger partial charge is 0.275 e. The van der Waals surface area contributed by atoms with Gasteiger partial charge in [0.1, 0.15) is 0 Å². The molecular formula is C13H15N3O2. The van der Waals surface area contributed by atoms with E-state index in [1.165, 1.54) is 0 Å². The molecule has 0 aliphatic carbocycles. The molecule has 5 nitrogen and oxygen atoms in total. The molecule has 1 fully saturated rings. The molecular weight excluding hydrogens is 230 g/mol. The predicted octanol–water partition coefficient (Wildman–Crippen LogP) is 1.34. The first-order valence-corrected chi connectivity index (χ1v) is 6.07. The summed E-state index contributed by atoms with van der Waals surface area (Å²) in [5, 5.41) is 7.96. The van der Waals surface area contributed by atoms with Gasteiger partial charge in [-0.2, -0.15) is 5.10 Å². The maximum Gasteiger partial charge on any atom is 0.275 e.